The van der Waals surface area contributed by atoms with Crippen molar-refractivity contribution in [3.63, 3.8) is 0 Å². The first-order valence-corrected chi connectivity index (χ1v) is 14.2. The maximum atomic E-state index is 11.9. The van der Waals surface area contributed by atoms with Crippen molar-refractivity contribution in [2.45, 2.75) is 13.0 Å². The summed E-state index contributed by atoms with van der Waals surface area (Å²) in [6.45, 7) is 8.36. The van der Waals surface area contributed by atoms with Crippen LogP contribution in [0.25, 0.3) is 22.2 Å². The van der Waals surface area contributed by atoms with Gasteiger partial charge in [0.2, 0.25) is 5.95 Å². The number of carbonyl (C=O) groups excluding carboxylic acids is 1. The van der Waals surface area contributed by atoms with Gasteiger partial charge in [0.05, 0.1) is 43.8 Å². The second-order valence-corrected chi connectivity index (χ2v) is 10.3. The number of aryl methyl sites for hydroxylation is 1. The fourth-order valence-corrected chi connectivity index (χ4v) is 5.24. The van der Waals surface area contributed by atoms with E-state index in [4.69, 9.17) is 19.4 Å². The number of hydrogen-bond donors (Lipinski definition) is 2. The third kappa shape index (κ3) is 6.48. The molecular formula is C30H36N8O3. The second-order valence-electron chi connectivity index (χ2n) is 10.3. The van der Waals surface area contributed by atoms with E-state index >= 15 is 0 Å². The van der Waals surface area contributed by atoms with Crippen molar-refractivity contribution in [1.82, 2.24) is 30.0 Å². The number of hydrogen-bond acceptors (Lipinski definition) is 9. The van der Waals surface area contributed by atoms with E-state index < -0.39 is 0 Å². The summed E-state index contributed by atoms with van der Waals surface area (Å²) >= 11 is 0. The van der Waals surface area contributed by atoms with Gasteiger partial charge in [-0.2, -0.15) is 10.1 Å². The topological polar surface area (TPSA) is 110 Å². The van der Waals surface area contributed by atoms with Crippen LogP contribution in [-0.4, -0.2) is 96.8 Å². The summed E-state index contributed by atoms with van der Waals surface area (Å²) in [4.78, 5) is 26.3. The number of ether oxygens (including phenoxy) is 2. The molecule has 0 saturated carbocycles. The van der Waals surface area contributed by atoms with Crippen LogP contribution >= 0.6 is 0 Å². The van der Waals surface area contributed by atoms with Crippen molar-refractivity contribution in [3.05, 3.63) is 60.3 Å². The van der Waals surface area contributed by atoms with E-state index in [9.17, 15) is 4.79 Å². The van der Waals surface area contributed by atoms with Gasteiger partial charge < -0.3 is 25.0 Å². The zero-order valence-corrected chi connectivity index (χ0v) is 23.4. The number of morpholine rings is 2. The minimum atomic E-state index is -0.119. The molecule has 11 nitrogen and oxygen atoms in total. The van der Waals surface area contributed by atoms with Crippen LogP contribution in [0.15, 0.2) is 54.7 Å². The highest BCUT2D eigenvalue weighted by molar-refractivity contribution is 5.94. The quantitative estimate of drug-likeness (QED) is 0.321. The number of aromatic nitrogens is 4. The summed E-state index contributed by atoms with van der Waals surface area (Å²) < 4.78 is 13.1. The monoisotopic (exact) mass is 556 g/mol. The summed E-state index contributed by atoms with van der Waals surface area (Å²) in [7, 11) is 1.62. The third-order valence-electron chi connectivity index (χ3n) is 7.54. The number of benzene rings is 2. The van der Waals surface area contributed by atoms with Crippen LogP contribution in [0.3, 0.4) is 0 Å². The van der Waals surface area contributed by atoms with Gasteiger partial charge in [-0.05, 0) is 42.8 Å². The Kier molecular flexibility index (Phi) is 8.36. The summed E-state index contributed by atoms with van der Waals surface area (Å²) in [5.74, 6) is 1.23. The molecule has 2 fully saturated rings. The predicted octanol–water partition coefficient (Wildman–Crippen LogP) is 3.16. The van der Waals surface area contributed by atoms with E-state index in [0.29, 0.717) is 30.5 Å². The number of amides is 1. The largest absolute Gasteiger partial charge is 0.379 e. The third-order valence-corrected chi connectivity index (χ3v) is 7.54. The van der Waals surface area contributed by atoms with Gasteiger partial charge in [0.1, 0.15) is 5.82 Å². The molecule has 214 valence electrons. The lowest BCUT2D eigenvalue weighted by molar-refractivity contribution is 0.0368. The number of rotatable bonds is 9. The lowest BCUT2D eigenvalue weighted by Crippen LogP contribution is -2.37. The number of carbonyl (C=O) groups is 1. The van der Waals surface area contributed by atoms with E-state index in [2.05, 4.69) is 48.4 Å². The molecule has 0 unspecified atom stereocenters. The molecule has 2 aromatic heterocycles. The van der Waals surface area contributed by atoms with Crippen molar-refractivity contribution in [3.8, 4) is 11.3 Å². The van der Waals surface area contributed by atoms with E-state index in [1.54, 1.807) is 19.2 Å². The Morgan fingerprint density at radius 1 is 0.902 bits per heavy atom. The van der Waals surface area contributed by atoms with Crippen LogP contribution in [0.5, 0.6) is 0 Å². The van der Waals surface area contributed by atoms with Gasteiger partial charge in [-0.25, -0.2) is 4.98 Å². The summed E-state index contributed by atoms with van der Waals surface area (Å²) in [5, 5.41) is 11.8. The fourth-order valence-electron chi connectivity index (χ4n) is 5.24. The molecular weight excluding hydrogens is 520 g/mol. The Morgan fingerprint density at radius 2 is 1.66 bits per heavy atom. The van der Waals surface area contributed by atoms with Gasteiger partial charge in [0.15, 0.2) is 0 Å². The molecule has 11 heteroatoms. The maximum absolute atomic E-state index is 11.9. The first-order valence-electron chi connectivity index (χ1n) is 14.2. The smallest absolute Gasteiger partial charge is 0.251 e. The minimum absolute atomic E-state index is 0.119. The zero-order valence-electron chi connectivity index (χ0n) is 23.4. The van der Waals surface area contributed by atoms with Gasteiger partial charge >= 0.3 is 0 Å². The minimum Gasteiger partial charge on any atom is -0.379 e. The van der Waals surface area contributed by atoms with Crippen molar-refractivity contribution in [2.75, 3.05) is 76.4 Å². The number of nitrogens with one attached hydrogen (secondary N) is 2. The molecule has 4 heterocycles. The molecule has 4 aromatic rings. The number of fused-ring (bicyclic) bond motifs is 1. The highest BCUT2D eigenvalue weighted by atomic mass is 16.5. The average Bonchev–Trinajstić information content (AvgIpc) is 3.44. The van der Waals surface area contributed by atoms with Crippen LogP contribution in [0.4, 0.5) is 17.5 Å². The molecule has 0 bridgehead atoms. The SMILES string of the molecule is CNC(=O)c1ccc(Nc2cc(-c3ccc4c(cnn4CCCN4CCOCC4)c3)nc(N3CCOCC3)n2)cc1. The van der Waals surface area contributed by atoms with Crippen LogP contribution in [0.2, 0.25) is 0 Å². The van der Waals surface area contributed by atoms with E-state index in [-0.39, 0.29) is 5.91 Å². The van der Waals surface area contributed by atoms with E-state index in [1.807, 2.05) is 24.4 Å². The zero-order chi connectivity index (χ0) is 28.0. The molecule has 1 amide bonds. The second kappa shape index (κ2) is 12.6. The van der Waals surface area contributed by atoms with E-state index in [1.165, 1.54) is 0 Å². The molecule has 0 spiro atoms. The molecule has 41 heavy (non-hydrogen) atoms. The van der Waals surface area contributed by atoms with Crippen molar-refractivity contribution < 1.29 is 14.3 Å². The molecule has 6 rings (SSSR count). The van der Waals surface area contributed by atoms with Crippen molar-refractivity contribution >= 4 is 34.3 Å². The molecule has 2 aliphatic rings. The Bertz CT molecular complexity index is 1480. The first kappa shape index (κ1) is 27.1. The molecule has 0 radical (unpaired) electrons. The van der Waals surface area contributed by atoms with Crippen molar-refractivity contribution in [1.29, 1.82) is 0 Å². The Labute approximate surface area is 239 Å². The van der Waals surface area contributed by atoms with Crippen molar-refractivity contribution in [2.24, 2.45) is 0 Å². The van der Waals surface area contributed by atoms with Crippen LogP contribution < -0.4 is 15.5 Å². The summed E-state index contributed by atoms with van der Waals surface area (Å²) in [5.41, 5.74) is 4.38. The van der Waals surface area contributed by atoms with Crippen LogP contribution in [0.1, 0.15) is 16.8 Å². The Hall–Kier alpha value is -4.06. The lowest BCUT2D eigenvalue weighted by Gasteiger charge is -2.27. The predicted molar refractivity (Wildman–Crippen MR) is 159 cm³/mol. The van der Waals surface area contributed by atoms with Gasteiger partial charge in [-0.3, -0.25) is 14.4 Å². The first-order chi connectivity index (χ1) is 20.2. The summed E-state index contributed by atoms with van der Waals surface area (Å²) in [6.07, 6.45) is 2.98. The molecule has 2 saturated heterocycles. The molecule has 0 aliphatic carbocycles. The molecule has 2 N–H and O–H groups in total. The van der Waals surface area contributed by atoms with Crippen LogP contribution in [-0.2, 0) is 16.0 Å². The van der Waals surface area contributed by atoms with Gasteiger partial charge in [0, 0.05) is 74.6 Å². The van der Waals surface area contributed by atoms with Gasteiger partial charge in [0.25, 0.3) is 5.91 Å². The highest BCUT2D eigenvalue weighted by Gasteiger charge is 2.17. The Balaban J connectivity index is 1.24. The fraction of sp³-hybridized carbons (Fsp3) is 0.400. The molecule has 0 atom stereocenters. The molecule has 2 aromatic carbocycles. The standard InChI is InChI=1S/C30H36N8O3/c1-31-29(39)22-3-6-25(7-4-22)33-28-20-26(34-30(35-28)37-13-17-41-18-14-37)23-5-8-27-24(19-23)21-32-38(27)10-2-9-36-11-15-40-16-12-36/h3-8,19-21H,2,9-18H2,1H3,(H,31,39)(H,33,34,35). The van der Waals surface area contributed by atoms with Gasteiger partial charge in [-0.1, -0.05) is 6.07 Å². The average molecular weight is 557 g/mol. The number of nitrogens with zero attached hydrogens (tertiary/aromatic N) is 6. The highest BCUT2D eigenvalue weighted by Crippen LogP contribution is 2.28. The normalized spacial score (nSPS) is 16.2. The van der Waals surface area contributed by atoms with Gasteiger partial charge in [-0.15, -0.1) is 0 Å². The lowest BCUT2D eigenvalue weighted by atomic mass is 10.1. The Morgan fingerprint density at radius 3 is 2.41 bits per heavy atom. The summed E-state index contributed by atoms with van der Waals surface area (Å²) in [6, 6.07) is 15.7. The van der Waals surface area contributed by atoms with E-state index in [0.717, 1.165) is 86.8 Å². The maximum Gasteiger partial charge on any atom is 0.251 e. The molecule has 2 aliphatic heterocycles. The van der Waals surface area contributed by atoms with Crippen LogP contribution in [0, 0.1) is 0 Å². The number of anilines is 3.